The first-order chi connectivity index (χ1) is 10.2. The molecule has 4 nitrogen and oxygen atoms in total. The quantitative estimate of drug-likeness (QED) is 0.520. The van der Waals surface area contributed by atoms with Gasteiger partial charge in [-0.2, -0.15) is 5.26 Å². The molecule has 0 spiro atoms. The van der Waals surface area contributed by atoms with E-state index in [2.05, 4.69) is 5.32 Å². The Labute approximate surface area is 121 Å². The maximum absolute atomic E-state index is 12.5. The van der Waals surface area contributed by atoms with Crippen LogP contribution in [0.25, 0.3) is 5.57 Å². The Morgan fingerprint density at radius 3 is 2.38 bits per heavy atom. The summed E-state index contributed by atoms with van der Waals surface area (Å²) in [7, 11) is 0. The van der Waals surface area contributed by atoms with Gasteiger partial charge < -0.3 is 5.32 Å². The van der Waals surface area contributed by atoms with Crippen molar-refractivity contribution in [3.05, 3.63) is 71.3 Å². The average Bonchev–Trinajstić information content (AvgIpc) is 2.85. The molecule has 4 heteroatoms. The topological polar surface area (TPSA) is 70.0 Å². The molecule has 1 aliphatic rings. The number of nitrogens with one attached hydrogen (secondary N) is 1. The molecule has 1 amide bonds. The second kappa shape index (κ2) is 5.06. The zero-order valence-electron chi connectivity index (χ0n) is 11.0. The van der Waals surface area contributed by atoms with E-state index in [4.69, 9.17) is 0 Å². The number of para-hydroxylation sites is 1. The van der Waals surface area contributed by atoms with E-state index in [0.29, 0.717) is 16.8 Å². The predicted octanol–water partition coefficient (Wildman–Crippen LogP) is 2.80. The van der Waals surface area contributed by atoms with E-state index >= 15 is 0 Å². The number of carbonyl (C=O) groups excluding carboxylic acids is 2. The lowest BCUT2D eigenvalue weighted by Gasteiger charge is -2.03. The molecule has 3 rings (SSSR count). The zero-order valence-corrected chi connectivity index (χ0v) is 11.0. The zero-order chi connectivity index (χ0) is 14.8. The van der Waals surface area contributed by atoms with E-state index in [1.54, 1.807) is 54.6 Å². The number of Topliss-reactive ketones (excluding diaryl/α,β-unsaturated/α-hetero) is 1. The van der Waals surface area contributed by atoms with Crippen LogP contribution in [0.1, 0.15) is 15.9 Å². The number of fused-ring (bicyclic) bond motifs is 1. The number of amides is 1. The Morgan fingerprint density at radius 1 is 1.00 bits per heavy atom. The minimum Gasteiger partial charge on any atom is -0.321 e. The van der Waals surface area contributed by atoms with Gasteiger partial charge in [-0.05, 0) is 6.07 Å². The summed E-state index contributed by atoms with van der Waals surface area (Å²) < 4.78 is 0. The molecule has 0 aliphatic carbocycles. The van der Waals surface area contributed by atoms with E-state index in [1.165, 1.54) is 0 Å². The summed E-state index contributed by atoms with van der Waals surface area (Å²) in [6, 6.07) is 17.4. The molecule has 0 radical (unpaired) electrons. The fraction of sp³-hybridized carbons (Fsp3) is 0. The van der Waals surface area contributed by atoms with Crippen molar-refractivity contribution in [1.82, 2.24) is 0 Å². The molecule has 1 heterocycles. The van der Waals surface area contributed by atoms with E-state index in [9.17, 15) is 14.9 Å². The van der Waals surface area contributed by atoms with Crippen molar-refractivity contribution in [1.29, 1.82) is 5.26 Å². The third-order valence-electron chi connectivity index (χ3n) is 3.30. The van der Waals surface area contributed by atoms with Crippen LogP contribution in [0.2, 0.25) is 0 Å². The number of nitrogens with zero attached hydrogens (tertiary/aromatic N) is 1. The fourth-order valence-electron chi connectivity index (χ4n) is 2.32. The first-order valence-corrected chi connectivity index (χ1v) is 6.37. The molecule has 1 aliphatic heterocycles. The summed E-state index contributed by atoms with van der Waals surface area (Å²) in [4.78, 5) is 24.6. The van der Waals surface area contributed by atoms with Crippen LogP contribution < -0.4 is 5.32 Å². The number of nitriles is 1. The van der Waals surface area contributed by atoms with Gasteiger partial charge in [0.05, 0.1) is 5.57 Å². The van der Waals surface area contributed by atoms with Crippen molar-refractivity contribution in [3.8, 4) is 6.07 Å². The van der Waals surface area contributed by atoms with Crippen LogP contribution >= 0.6 is 0 Å². The normalized spacial score (nSPS) is 14.9. The third kappa shape index (κ3) is 2.11. The predicted molar refractivity (Wildman–Crippen MR) is 78.4 cm³/mol. The SMILES string of the molecule is N#C/C(C(=O)c1ccccc1)=C1/C(=O)Nc2ccccc21. The summed E-state index contributed by atoms with van der Waals surface area (Å²) in [5.41, 5.74) is 1.60. The molecular formula is C17H10N2O2. The van der Waals surface area contributed by atoms with E-state index in [1.807, 2.05) is 6.07 Å². The van der Waals surface area contributed by atoms with Gasteiger partial charge in [-0.15, -0.1) is 0 Å². The van der Waals surface area contributed by atoms with Gasteiger partial charge in [0.1, 0.15) is 11.6 Å². The first kappa shape index (κ1) is 12.8. The lowest BCUT2D eigenvalue weighted by atomic mass is 9.95. The summed E-state index contributed by atoms with van der Waals surface area (Å²) in [6.07, 6.45) is 0. The number of ketones is 1. The Bertz CT molecular complexity index is 814. The maximum Gasteiger partial charge on any atom is 0.257 e. The van der Waals surface area contributed by atoms with Crippen LogP contribution in [0, 0.1) is 11.3 Å². The largest absolute Gasteiger partial charge is 0.321 e. The highest BCUT2D eigenvalue weighted by Gasteiger charge is 2.30. The fourth-order valence-corrected chi connectivity index (χ4v) is 2.32. The maximum atomic E-state index is 12.5. The summed E-state index contributed by atoms with van der Waals surface area (Å²) in [5.74, 6) is -0.864. The standard InChI is InChI=1S/C17H10N2O2/c18-10-13(16(20)11-6-2-1-3-7-11)15-12-8-4-5-9-14(12)19-17(15)21/h1-9H,(H,19,21)/b15-13-. The highest BCUT2D eigenvalue weighted by atomic mass is 16.2. The number of hydrogen-bond acceptors (Lipinski definition) is 3. The van der Waals surface area contributed by atoms with Crippen molar-refractivity contribution >= 4 is 23.0 Å². The van der Waals surface area contributed by atoms with E-state index < -0.39 is 11.7 Å². The molecule has 2 aromatic carbocycles. The van der Waals surface area contributed by atoms with Crippen LogP contribution in [0.5, 0.6) is 0 Å². The van der Waals surface area contributed by atoms with Gasteiger partial charge in [-0.1, -0.05) is 48.5 Å². The third-order valence-corrected chi connectivity index (χ3v) is 3.30. The summed E-state index contributed by atoms with van der Waals surface area (Å²) in [6.45, 7) is 0. The number of hydrogen-bond donors (Lipinski definition) is 1. The number of allylic oxidation sites excluding steroid dienone is 1. The highest BCUT2D eigenvalue weighted by molar-refractivity contribution is 6.37. The van der Waals surface area contributed by atoms with E-state index in [0.717, 1.165) is 0 Å². The van der Waals surface area contributed by atoms with Crippen molar-refractivity contribution in [2.24, 2.45) is 0 Å². The summed E-state index contributed by atoms with van der Waals surface area (Å²) in [5, 5.41) is 12.0. The molecule has 0 saturated heterocycles. The Morgan fingerprint density at radius 2 is 1.67 bits per heavy atom. The van der Waals surface area contributed by atoms with Gasteiger partial charge in [-0.25, -0.2) is 0 Å². The summed E-state index contributed by atoms with van der Waals surface area (Å²) >= 11 is 0. The molecule has 0 aromatic heterocycles. The van der Waals surface area contributed by atoms with Crippen molar-refractivity contribution in [2.75, 3.05) is 5.32 Å². The van der Waals surface area contributed by atoms with Gasteiger partial charge in [0.15, 0.2) is 0 Å². The molecule has 0 bridgehead atoms. The van der Waals surface area contributed by atoms with Crippen LogP contribution in [0.15, 0.2) is 60.2 Å². The van der Waals surface area contributed by atoms with Crippen LogP contribution in [0.3, 0.4) is 0 Å². The van der Waals surface area contributed by atoms with Crippen LogP contribution in [-0.2, 0) is 4.79 Å². The monoisotopic (exact) mass is 274 g/mol. The van der Waals surface area contributed by atoms with Gasteiger partial charge in [-0.3, -0.25) is 9.59 Å². The number of carbonyl (C=O) groups is 2. The molecule has 21 heavy (non-hydrogen) atoms. The molecule has 1 N–H and O–H groups in total. The molecular weight excluding hydrogens is 264 g/mol. The van der Waals surface area contributed by atoms with Crippen LogP contribution in [-0.4, -0.2) is 11.7 Å². The Balaban J connectivity index is 2.18. The second-order valence-corrected chi connectivity index (χ2v) is 4.56. The number of rotatable bonds is 2. The highest BCUT2D eigenvalue weighted by Crippen LogP contribution is 2.34. The first-order valence-electron chi connectivity index (χ1n) is 6.37. The number of anilines is 1. The van der Waals surface area contributed by atoms with E-state index in [-0.39, 0.29) is 11.1 Å². The minimum atomic E-state index is -0.444. The van der Waals surface area contributed by atoms with Gasteiger partial charge in [0.25, 0.3) is 5.91 Å². The van der Waals surface area contributed by atoms with Gasteiger partial charge in [0.2, 0.25) is 5.78 Å². The number of benzene rings is 2. The minimum absolute atomic E-state index is 0.136. The lowest BCUT2D eigenvalue weighted by Crippen LogP contribution is -2.11. The average molecular weight is 274 g/mol. The second-order valence-electron chi connectivity index (χ2n) is 4.56. The Kier molecular flexibility index (Phi) is 3.09. The molecule has 0 fully saturated rings. The molecule has 0 saturated carbocycles. The van der Waals surface area contributed by atoms with Crippen molar-refractivity contribution < 1.29 is 9.59 Å². The lowest BCUT2D eigenvalue weighted by molar-refractivity contribution is -0.110. The van der Waals surface area contributed by atoms with Crippen molar-refractivity contribution in [3.63, 3.8) is 0 Å². The molecule has 0 unspecified atom stereocenters. The van der Waals surface area contributed by atoms with Crippen LogP contribution in [0.4, 0.5) is 5.69 Å². The van der Waals surface area contributed by atoms with Crippen molar-refractivity contribution in [2.45, 2.75) is 0 Å². The van der Waals surface area contributed by atoms with Gasteiger partial charge in [0, 0.05) is 16.8 Å². The molecule has 0 atom stereocenters. The smallest absolute Gasteiger partial charge is 0.257 e. The van der Waals surface area contributed by atoms with Gasteiger partial charge >= 0.3 is 0 Å². The molecule has 2 aromatic rings. The molecule has 100 valence electrons. The Hall–Kier alpha value is -3.19.